The van der Waals surface area contributed by atoms with Gasteiger partial charge >= 0.3 is 5.97 Å². The molecular weight excluding hydrogens is 188 g/mol. The maximum absolute atomic E-state index is 9.76. The van der Waals surface area contributed by atoms with Crippen molar-refractivity contribution < 1.29 is 9.90 Å². The van der Waals surface area contributed by atoms with Crippen LogP contribution in [0.3, 0.4) is 0 Å². The van der Waals surface area contributed by atoms with E-state index >= 15 is 0 Å². The van der Waals surface area contributed by atoms with E-state index in [1.165, 1.54) is 5.56 Å². The monoisotopic (exact) mass is 204 g/mol. The molecule has 80 valence electrons. The Hall–Kier alpha value is -1.57. The third-order valence-corrected chi connectivity index (χ3v) is 2.15. The maximum Gasteiger partial charge on any atom is 0.306 e. The normalized spacial score (nSPS) is 13.6. The smallest absolute Gasteiger partial charge is 0.306 e. The summed E-state index contributed by atoms with van der Waals surface area (Å²) in [6, 6.07) is 10.3. The third kappa shape index (κ3) is 5.01. The van der Waals surface area contributed by atoms with E-state index in [2.05, 4.69) is 18.7 Å². The van der Waals surface area contributed by atoms with Crippen LogP contribution in [-0.2, 0) is 11.2 Å². The average Bonchev–Trinajstić information content (AvgIpc) is 3.04. The van der Waals surface area contributed by atoms with Crippen LogP contribution in [0.2, 0.25) is 0 Å². The van der Waals surface area contributed by atoms with Gasteiger partial charge in [-0.25, -0.2) is 0 Å². The van der Waals surface area contributed by atoms with Crippen LogP contribution in [0, 0.1) is 5.92 Å². The van der Waals surface area contributed by atoms with Gasteiger partial charge in [0.1, 0.15) is 0 Å². The number of carboxylic acids is 1. The molecule has 1 saturated carbocycles. The molecule has 2 heteroatoms. The molecule has 2 nitrogen and oxygen atoms in total. The molecule has 1 N–H and O–H groups in total. The Morgan fingerprint density at radius 1 is 1.40 bits per heavy atom. The van der Waals surface area contributed by atoms with Crippen molar-refractivity contribution in [3.8, 4) is 0 Å². The van der Waals surface area contributed by atoms with E-state index < -0.39 is 5.97 Å². The molecule has 0 atom stereocenters. The average molecular weight is 204 g/mol. The topological polar surface area (TPSA) is 37.3 Å². The van der Waals surface area contributed by atoms with Crippen molar-refractivity contribution in [1.29, 1.82) is 0 Å². The summed E-state index contributed by atoms with van der Waals surface area (Å²) >= 11 is 0. The van der Waals surface area contributed by atoms with Gasteiger partial charge in [-0.2, -0.15) is 0 Å². The Morgan fingerprint density at radius 2 is 2.00 bits per heavy atom. The van der Waals surface area contributed by atoms with Crippen molar-refractivity contribution in [2.24, 2.45) is 5.92 Å². The number of carboxylic acid groups (broad SMARTS) is 1. The quantitative estimate of drug-likeness (QED) is 0.769. The van der Waals surface area contributed by atoms with E-state index in [1.54, 1.807) is 0 Å². The van der Waals surface area contributed by atoms with Gasteiger partial charge in [-0.15, -0.1) is 6.58 Å². The molecule has 1 aliphatic rings. The number of hydrogen-bond acceptors (Lipinski definition) is 1. The van der Waals surface area contributed by atoms with Crippen LogP contribution >= 0.6 is 0 Å². The molecule has 1 fully saturated rings. The first-order valence-corrected chi connectivity index (χ1v) is 5.11. The number of benzene rings is 1. The molecule has 0 bridgehead atoms. The van der Waals surface area contributed by atoms with Gasteiger partial charge in [-0.3, -0.25) is 4.79 Å². The van der Waals surface area contributed by atoms with Gasteiger partial charge in [0.05, 0.1) is 5.92 Å². The van der Waals surface area contributed by atoms with E-state index in [0.717, 1.165) is 19.3 Å². The Kier molecular flexibility index (Phi) is 4.61. The van der Waals surface area contributed by atoms with Crippen LogP contribution in [0.25, 0.3) is 0 Å². The molecule has 0 radical (unpaired) electrons. The molecule has 0 unspecified atom stereocenters. The summed E-state index contributed by atoms with van der Waals surface area (Å²) in [4.78, 5) is 9.76. The number of hydrogen-bond donors (Lipinski definition) is 1. The minimum atomic E-state index is -0.630. The Morgan fingerprint density at radius 3 is 2.33 bits per heavy atom. The number of carbonyl (C=O) groups is 1. The van der Waals surface area contributed by atoms with Crippen molar-refractivity contribution in [3.05, 3.63) is 48.6 Å². The van der Waals surface area contributed by atoms with Crippen molar-refractivity contribution in [1.82, 2.24) is 0 Å². The molecule has 1 aliphatic carbocycles. The third-order valence-electron chi connectivity index (χ3n) is 2.15. The molecule has 0 spiro atoms. The van der Waals surface area contributed by atoms with Gasteiger partial charge in [0.2, 0.25) is 0 Å². The first-order valence-electron chi connectivity index (χ1n) is 5.11. The van der Waals surface area contributed by atoms with Crippen molar-refractivity contribution in [2.75, 3.05) is 0 Å². The first-order chi connectivity index (χ1) is 7.24. The summed E-state index contributed by atoms with van der Waals surface area (Å²) in [6.45, 7) is 3.66. The maximum atomic E-state index is 9.76. The fourth-order valence-electron chi connectivity index (χ4n) is 1.11. The minimum Gasteiger partial charge on any atom is -0.481 e. The van der Waals surface area contributed by atoms with Crippen LogP contribution in [-0.4, -0.2) is 11.1 Å². The molecule has 2 rings (SSSR count). The summed E-state index contributed by atoms with van der Waals surface area (Å²) in [5.41, 5.74) is 1.33. The fourth-order valence-corrected chi connectivity index (χ4v) is 1.11. The van der Waals surface area contributed by atoms with Crippen LogP contribution in [0.5, 0.6) is 0 Å². The Balaban J connectivity index is 0.000000162. The summed E-state index contributed by atoms with van der Waals surface area (Å²) in [7, 11) is 0. The minimum absolute atomic E-state index is 0.0185. The van der Waals surface area contributed by atoms with Gasteiger partial charge in [0.15, 0.2) is 0 Å². The summed E-state index contributed by atoms with van der Waals surface area (Å²) in [6.07, 6.45) is 4.68. The number of allylic oxidation sites excluding steroid dienone is 1. The van der Waals surface area contributed by atoms with Crippen LogP contribution in [0.15, 0.2) is 43.0 Å². The lowest BCUT2D eigenvalue weighted by atomic mass is 10.2. The molecule has 0 aliphatic heterocycles. The molecule has 0 saturated heterocycles. The SMILES string of the molecule is C=CCc1ccccc1.O=C(O)C1CC1. The second kappa shape index (κ2) is 6.02. The molecular formula is C13H16O2. The van der Waals surface area contributed by atoms with Gasteiger partial charge < -0.3 is 5.11 Å². The largest absolute Gasteiger partial charge is 0.481 e. The first kappa shape index (κ1) is 11.5. The Bertz CT molecular complexity index is 313. The Labute approximate surface area is 90.3 Å². The van der Waals surface area contributed by atoms with E-state index in [-0.39, 0.29) is 5.92 Å². The lowest BCUT2D eigenvalue weighted by Crippen LogP contribution is -1.94. The second-order valence-corrected chi connectivity index (χ2v) is 3.59. The van der Waals surface area contributed by atoms with Gasteiger partial charge in [-0.1, -0.05) is 36.4 Å². The highest BCUT2D eigenvalue weighted by molar-refractivity contribution is 5.72. The zero-order valence-electron chi connectivity index (χ0n) is 8.73. The van der Waals surface area contributed by atoms with Gasteiger partial charge in [0, 0.05) is 0 Å². The highest BCUT2D eigenvalue weighted by Gasteiger charge is 2.28. The molecule has 1 aromatic rings. The van der Waals surface area contributed by atoms with E-state index in [4.69, 9.17) is 5.11 Å². The highest BCUT2D eigenvalue weighted by atomic mass is 16.4. The standard InChI is InChI=1S/C9H10.C4H6O2/c1-2-6-9-7-4-3-5-8-9;5-4(6)3-1-2-3/h2-5,7-8H,1,6H2;3H,1-2H2,(H,5,6). The second-order valence-electron chi connectivity index (χ2n) is 3.59. The molecule has 15 heavy (non-hydrogen) atoms. The molecule has 0 amide bonds. The number of rotatable bonds is 3. The van der Waals surface area contributed by atoms with Crippen molar-refractivity contribution in [3.63, 3.8) is 0 Å². The summed E-state index contributed by atoms with van der Waals surface area (Å²) < 4.78 is 0. The summed E-state index contributed by atoms with van der Waals surface area (Å²) in [5.74, 6) is -0.611. The van der Waals surface area contributed by atoms with E-state index in [0.29, 0.717) is 0 Å². The summed E-state index contributed by atoms with van der Waals surface area (Å²) in [5, 5.41) is 8.05. The van der Waals surface area contributed by atoms with Crippen LogP contribution < -0.4 is 0 Å². The van der Waals surface area contributed by atoms with Crippen molar-refractivity contribution in [2.45, 2.75) is 19.3 Å². The van der Waals surface area contributed by atoms with E-state index in [1.807, 2.05) is 24.3 Å². The van der Waals surface area contributed by atoms with Crippen molar-refractivity contribution >= 4 is 5.97 Å². The molecule has 1 aromatic carbocycles. The van der Waals surface area contributed by atoms with Crippen LogP contribution in [0.4, 0.5) is 0 Å². The highest BCUT2D eigenvalue weighted by Crippen LogP contribution is 2.28. The lowest BCUT2D eigenvalue weighted by molar-refractivity contribution is -0.138. The zero-order chi connectivity index (χ0) is 11.1. The lowest BCUT2D eigenvalue weighted by Gasteiger charge is -1.91. The number of aliphatic carboxylic acids is 1. The zero-order valence-corrected chi connectivity index (χ0v) is 8.73. The molecule has 0 aromatic heterocycles. The fraction of sp³-hybridized carbons (Fsp3) is 0.308. The van der Waals surface area contributed by atoms with Gasteiger partial charge in [-0.05, 0) is 24.8 Å². The van der Waals surface area contributed by atoms with E-state index in [9.17, 15) is 4.79 Å². The predicted octanol–water partition coefficient (Wildman–Crippen LogP) is 2.90. The van der Waals surface area contributed by atoms with Gasteiger partial charge in [0.25, 0.3) is 0 Å². The molecule has 0 heterocycles. The predicted molar refractivity (Wildman–Crippen MR) is 60.7 cm³/mol. The van der Waals surface area contributed by atoms with Crippen LogP contribution in [0.1, 0.15) is 18.4 Å².